The molecule has 3 nitrogen and oxygen atoms in total. The Morgan fingerprint density at radius 1 is 1.43 bits per heavy atom. The first-order valence-corrected chi connectivity index (χ1v) is 4.18. The number of rotatable bonds is 3. The number of carboxylic acid groups (broad SMARTS) is 1. The van der Waals surface area contributed by atoms with E-state index in [0.717, 1.165) is 0 Å². The number of hydrogen-bond acceptors (Lipinski definition) is 2. The number of carboxylic acids is 1. The van der Waals surface area contributed by atoms with Crippen LogP contribution in [-0.2, 0) is 4.79 Å². The summed E-state index contributed by atoms with van der Waals surface area (Å²) in [4.78, 5) is 20.9. The summed E-state index contributed by atoms with van der Waals surface area (Å²) >= 11 is 5.70. The number of halogens is 1. The molecule has 14 heavy (non-hydrogen) atoms. The molecule has 0 fully saturated rings. The van der Waals surface area contributed by atoms with Crippen LogP contribution in [0.5, 0.6) is 0 Å². The molecule has 0 amide bonds. The standard InChI is InChI=1S/C10H7ClO3/c11-8-5-1-3-7(4-2-6-12)9(8)10(13)14/h1-6H,(H,13,14). The summed E-state index contributed by atoms with van der Waals surface area (Å²) in [6.07, 6.45) is 3.20. The van der Waals surface area contributed by atoms with Gasteiger partial charge in [0.2, 0.25) is 0 Å². The van der Waals surface area contributed by atoms with Crippen LogP contribution in [0.1, 0.15) is 15.9 Å². The van der Waals surface area contributed by atoms with Crippen molar-refractivity contribution < 1.29 is 14.7 Å². The normalized spacial score (nSPS) is 10.4. The van der Waals surface area contributed by atoms with Crippen molar-refractivity contribution in [1.29, 1.82) is 0 Å². The van der Waals surface area contributed by atoms with Gasteiger partial charge in [0.05, 0.1) is 10.6 Å². The molecule has 1 N–H and O–H groups in total. The first kappa shape index (κ1) is 10.5. The van der Waals surface area contributed by atoms with E-state index in [0.29, 0.717) is 11.8 Å². The van der Waals surface area contributed by atoms with E-state index in [-0.39, 0.29) is 10.6 Å². The van der Waals surface area contributed by atoms with Gasteiger partial charge in [0.25, 0.3) is 0 Å². The van der Waals surface area contributed by atoms with Crippen molar-refractivity contribution in [2.24, 2.45) is 0 Å². The molecule has 0 unspecified atom stereocenters. The van der Waals surface area contributed by atoms with Crippen LogP contribution < -0.4 is 0 Å². The SMILES string of the molecule is O=CC=Cc1cccc(Cl)c1C(=O)O. The molecule has 0 radical (unpaired) electrons. The van der Waals surface area contributed by atoms with Gasteiger partial charge in [-0.25, -0.2) is 4.79 Å². The van der Waals surface area contributed by atoms with Crippen LogP contribution in [0.25, 0.3) is 6.08 Å². The highest BCUT2D eigenvalue weighted by molar-refractivity contribution is 6.33. The second-order valence-electron chi connectivity index (χ2n) is 2.50. The third kappa shape index (κ3) is 2.20. The Kier molecular flexibility index (Phi) is 3.42. The zero-order chi connectivity index (χ0) is 10.6. The van der Waals surface area contributed by atoms with E-state index in [4.69, 9.17) is 16.7 Å². The van der Waals surface area contributed by atoms with Crippen LogP contribution in [0.3, 0.4) is 0 Å². The predicted octanol–water partition coefficient (Wildman–Crippen LogP) is 2.25. The van der Waals surface area contributed by atoms with Crippen LogP contribution in [0.2, 0.25) is 5.02 Å². The fourth-order valence-electron chi connectivity index (χ4n) is 1.05. The predicted molar refractivity (Wildman–Crippen MR) is 53.5 cm³/mol. The quantitative estimate of drug-likeness (QED) is 0.615. The molecule has 0 aliphatic heterocycles. The van der Waals surface area contributed by atoms with Crippen molar-refractivity contribution in [3.63, 3.8) is 0 Å². The van der Waals surface area contributed by atoms with Gasteiger partial charge in [0.1, 0.15) is 6.29 Å². The van der Waals surface area contributed by atoms with E-state index in [1.807, 2.05) is 0 Å². The largest absolute Gasteiger partial charge is 0.478 e. The minimum atomic E-state index is -1.11. The first-order chi connectivity index (χ1) is 6.66. The molecule has 1 aromatic rings. The molecular weight excluding hydrogens is 204 g/mol. The van der Waals surface area contributed by atoms with E-state index < -0.39 is 5.97 Å². The third-order valence-corrected chi connectivity index (χ3v) is 1.93. The van der Waals surface area contributed by atoms with Crippen molar-refractivity contribution in [3.8, 4) is 0 Å². The van der Waals surface area contributed by atoms with Gasteiger partial charge in [-0.3, -0.25) is 4.79 Å². The second-order valence-corrected chi connectivity index (χ2v) is 2.91. The van der Waals surface area contributed by atoms with Crippen molar-refractivity contribution in [2.75, 3.05) is 0 Å². The molecule has 0 aliphatic carbocycles. The number of allylic oxidation sites excluding steroid dienone is 1. The van der Waals surface area contributed by atoms with Crippen LogP contribution in [0.15, 0.2) is 24.3 Å². The van der Waals surface area contributed by atoms with Crippen LogP contribution in [-0.4, -0.2) is 17.4 Å². The average Bonchev–Trinajstić information content (AvgIpc) is 2.14. The Morgan fingerprint density at radius 2 is 2.14 bits per heavy atom. The zero-order valence-electron chi connectivity index (χ0n) is 7.11. The summed E-state index contributed by atoms with van der Waals surface area (Å²) in [6, 6.07) is 4.69. The fraction of sp³-hybridized carbons (Fsp3) is 0. The van der Waals surface area contributed by atoms with Gasteiger partial charge in [-0.05, 0) is 17.7 Å². The number of carbonyl (C=O) groups excluding carboxylic acids is 1. The third-order valence-electron chi connectivity index (χ3n) is 1.61. The Hall–Kier alpha value is -1.61. The zero-order valence-corrected chi connectivity index (χ0v) is 7.86. The molecule has 0 atom stereocenters. The highest BCUT2D eigenvalue weighted by Crippen LogP contribution is 2.20. The molecule has 0 saturated carbocycles. The van der Waals surface area contributed by atoms with Crippen LogP contribution >= 0.6 is 11.6 Å². The lowest BCUT2D eigenvalue weighted by atomic mass is 10.1. The van der Waals surface area contributed by atoms with Crippen LogP contribution in [0, 0.1) is 0 Å². The smallest absolute Gasteiger partial charge is 0.337 e. The van der Waals surface area contributed by atoms with Gasteiger partial charge in [-0.1, -0.05) is 29.8 Å². The molecule has 0 saturated heterocycles. The molecule has 1 aromatic carbocycles. The van der Waals surface area contributed by atoms with E-state index in [2.05, 4.69) is 0 Å². The van der Waals surface area contributed by atoms with Gasteiger partial charge < -0.3 is 5.11 Å². The summed E-state index contributed by atoms with van der Waals surface area (Å²) < 4.78 is 0. The van der Waals surface area contributed by atoms with E-state index in [1.54, 1.807) is 12.1 Å². The molecule has 0 heterocycles. The highest BCUT2D eigenvalue weighted by Gasteiger charge is 2.11. The summed E-state index contributed by atoms with van der Waals surface area (Å²) in [6.45, 7) is 0. The number of aldehydes is 1. The Balaban J connectivity index is 3.27. The van der Waals surface area contributed by atoms with Crippen molar-refractivity contribution in [2.45, 2.75) is 0 Å². The Labute approximate surface area is 85.6 Å². The van der Waals surface area contributed by atoms with Gasteiger partial charge in [-0.15, -0.1) is 0 Å². The lowest BCUT2D eigenvalue weighted by molar-refractivity contribution is -0.104. The van der Waals surface area contributed by atoms with Gasteiger partial charge >= 0.3 is 5.97 Å². The first-order valence-electron chi connectivity index (χ1n) is 3.80. The summed E-state index contributed by atoms with van der Waals surface area (Å²) in [5.74, 6) is -1.11. The minimum Gasteiger partial charge on any atom is -0.478 e. The number of benzene rings is 1. The molecule has 0 spiro atoms. The van der Waals surface area contributed by atoms with E-state index >= 15 is 0 Å². The molecule has 4 heteroatoms. The van der Waals surface area contributed by atoms with Crippen LogP contribution in [0.4, 0.5) is 0 Å². The lowest BCUT2D eigenvalue weighted by Gasteiger charge is -2.02. The number of hydrogen-bond donors (Lipinski definition) is 1. The monoisotopic (exact) mass is 210 g/mol. The minimum absolute atomic E-state index is 0.00673. The summed E-state index contributed by atoms with van der Waals surface area (Å²) in [5.41, 5.74) is 0.421. The second kappa shape index (κ2) is 4.58. The molecule has 0 aliphatic rings. The number of carbonyl (C=O) groups is 2. The van der Waals surface area contributed by atoms with Gasteiger partial charge in [0, 0.05) is 0 Å². The molecule has 1 rings (SSSR count). The van der Waals surface area contributed by atoms with Crippen molar-refractivity contribution >= 4 is 29.9 Å². The molecular formula is C10H7ClO3. The molecule has 0 bridgehead atoms. The topological polar surface area (TPSA) is 54.4 Å². The Morgan fingerprint density at radius 3 is 2.71 bits per heavy atom. The van der Waals surface area contributed by atoms with Gasteiger partial charge in [-0.2, -0.15) is 0 Å². The van der Waals surface area contributed by atoms with E-state index in [9.17, 15) is 9.59 Å². The van der Waals surface area contributed by atoms with Gasteiger partial charge in [0.15, 0.2) is 0 Å². The van der Waals surface area contributed by atoms with E-state index in [1.165, 1.54) is 18.2 Å². The number of aromatic carboxylic acids is 1. The summed E-state index contributed by atoms with van der Waals surface area (Å²) in [7, 11) is 0. The molecule has 0 aromatic heterocycles. The summed E-state index contributed by atoms with van der Waals surface area (Å²) in [5, 5.41) is 9.00. The maximum atomic E-state index is 10.8. The van der Waals surface area contributed by atoms with Crippen molar-refractivity contribution in [1.82, 2.24) is 0 Å². The van der Waals surface area contributed by atoms with Crippen molar-refractivity contribution in [3.05, 3.63) is 40.4 Å². The highest BCUT2D eigenvalue weighted by atomic mass is 35.5. The lowest BCUT2D eigenvalue weighted by Crippen LogP contribution is -2.00. The molecule has 72 valence electrons. The fourth-order valence-corrected chi connectivity index (χ4v) is 1.31. The maximum Gasteiger partial charge on any atom is 0.337 e. The Bertz CT molecular complexity index is 396. The maximum absolute atomic E-state index is 10.8. The average molecular weight is 211 g/mol.